The molecule has 2 aromatic rings. The average molecular weight is 417 g/mol. The Labute approximate surface area is 170 Å². The number of ketones is 1. The summed E-state index contributed by atoms with van der Waals surface area (Å²) in [7, 11) is 0. The van der Waals surface area contributed by atoms with Gasteiger partial charge >= 0.3 is 6.18 Å². The monoisotopic (exact) mass is 417 g/mol. The Kier molecular flexibility index (Phi) is 5.52. The quantitative estimate of drug-likeness (QED) is 0.411. The van der Waals surface area contributed by atoms with E-state index in [1.165, 1.54) is 44.2 Å². The molecule has 0 atom stereocenters. The van der Waals surface area contributed by atoms with Gasteiger partial charge in [-0.25, -0.2) is 4.90 Å². The summed E-state index contributed by atoms with van der Waals surface area (Å²) in [6.07, 6.45) is -4.50. The van der Waals surface area contributed by atoms with Crippen LogP contribution in [0.2, 0.25) is 0 Å². The Hall–Kier alpha value is -3.42. The van der Waals surface area contributed by atoms with Crippen LogP contribution in [0.5, 0.6) is 0 Å². The largest absolute Gasteiger partial charge is 0.492 e. The van der Waals surface area contributed by atoms with Crippen LogP contribution >= 0.6 is 0 Å². The van der Waals surface area contributed by atoms with Crippen LogP contribution in [0.15, 0.2) is 42.5 Å². The fourth-order valence-electron chi connectivity index (χ4n) is 3.27. The Balaban J connectivity index is 2.27. The molecule has 1 aliphatic heterocycles. The van der Waals surface area contributed by atoms with Crippen LogP contribution in [-0.2, 0) is 20.5 Å². The number of halogens is 3. The molecule has 5 nitrogen and oxygen atoms in total. The fourth-order valence-corrected chi connectivity index (χ4v) is 3.27. The number of alkyl halides is 3. The van der Waals surface area contributed by atoms with Gasteiger partial charge in [0.25, 0.3) is 5.91 Å². The summed E-state index contributed by atoms with van der Waals surface area (Å²) in [6, 6.07) is 8.68. The summed E-state index contributed by atoms with van der Waals surface area (Å²) in [6.45, 7) is 4.39. The van der Waals surface area contributed by atoms with Crippen molar-refractivity contribution >= 4 is 34.6 Å². The number of Topliss-reactive ketones (excluding diaryl/α,β-unsaturated/α-hetero) is 1. The standard InChI is InChI=1S/C22H18F3NO4/c1-4-30-20(14-5-8-16(9-6-14)22(23,24)25)19-17-11-15(12(2)27)7-10-18(17)26(13(3)28)21(19)29/h5-11H,4H2,1-3H3/b20-19-. The highest BCUT2D eigenvalue weighted by molar-refractivity contribution is 6.43. The van der Waals surface area contributed by atoms with Crippen molar-refractivity contribution in [2.45, 2.75) is 26.9 Å². The highest BCUT2D eigenvalue weighted by Crippen LogP contribution is 2.42. The third kappa shape index (κ3) is 3.72. The Morgan fingerprint density at radius 3 is 2.10 bits per heavy atom. The van der Waals surface area contributed by atoms with E-state index in [0.29, 0.717) is 11.1 Å². The Morgan fingerprint density at radius 1 is 1.00 bits per heavy atom. The van der Waals surface area contributed by atoms with Gasteiger partial charge in [0.05, 0.1) is 23.4 Å². The van der Waals surface area contributed by atoms with Crippen molar-refractivity contribution < 1.29 is 32.3 Å². The van der Waals surface area contributed by atoms with Crippen molar-refractivity contribution in [3.05, 3.63) is 64.7 Å². The van der Waals surface area contributed by atoms with Gasteiger partial charge in [0.2, 0.25) is 5.91 Å². The van der Waals surface area contributed by atoms with E-state index in [-0.39, 0.29) is 35.0 Å². The molecule has 3 rings (SSSR count). The van der Waals surface area contributed by atoms with Gasteiger partial charge in [-0.05, 0) is 44.2 Å². The SMILES string of the molecule is CCO/C(=C1\C(=O)N(C(C)=O)c2ccc(C(C)=O)cc21)c1ccc(C(F)(F)F)cc1. The molecule has 0 saturated heterocycles. The van der Waals surface area contributed by atoms with E-state index in [1.807, 2.05) is 0 Å². The zero-order valence-electron chi connectivity index (χ0n) is 16.5. The molecule has 0 radical (unpaired) electrons. The Bertz CT molecular complexity index is 1070. The van der Waals surface area contributed by atoms with Gasteiger partial charge < -0.3 is 4.74 Å². The van der Waals surface area contributed by atoms with E-state index < -0.39 is 23.6 Å². The zero-order valence-corrected chi connectivity index (χ0v) is 16.5. The molecule has 8 heteroatoms. The lowest BCUT2D eigenvalue weighted by Crippen LogP contribution is -2.31. The van der Waals surface area contributed by atoms with Crippen LogP contribution in [0.3, 0.4) is 0 Å². The predicted octanol–water partition coefficient (Wildman–Crippen LogP) is 4.71. The topological polar surface area (TPSA) is 63.7 Å². The number of benzene rings is 2. The minimum absolute atomic E-state index is 0.0184. The lowest BCUT2D eigenvalue weighted by molar-refractivity contribution is -0.137. The first-order valence-electron chi connectivity index (χ1n) is 9.11. The molecule has 0 spiro atoms. The molecule has 0 unspecified atom stereocenters. The van der Waals surface area contributed by atoms with Gasteiger partial charge in [-0.15, -0.1) is 0 Å². The van der Waals surface area contributed by atoms with E-state index in [1.54, 1.807) is 6.92 Å². The maximum absolute atomic E-state index is 13.1. The number of anilines is 1. The van der Waals surface area contributed by atoms with Crippen LogP contribution in [0, 0.1) is 0 Å². The molecular formula is C22H18F3NO4. The molecular weight excluding hydrogens is 399 g/mol. The lowest BCUT2D eigenvalue weighted by atomic mass is 9.98. The first kappa shape index (κ1) is 21.3. The van der Waals surface area contributed by atoms with Crippen LogP contribution in [0.25, 0.3) is 11.3 Å². The van der Waals surface area contributed by atoms with Gasteiger partial charge in [-0.3, -0.25) is 14.4 Å². The second kappa shape index (κ2) is 7.78. The molecule has 1 aliphatic rings. The van der Waals surface area contributed by atoms with Crippen molar-refractivity contribution in [1.82, 2.24) is 0 Å². The minimum Gasteiger partial charge on any atom is -0.492 e. The average Bonchev–Trinajstić information content (AvgIpc) is 2.96. The summed E-state index contributed by atoms with van der Waals surface area (Å²) in [5.41, 5.74) is 0.354. The summed E-state index contributed by atoms with van der Waals surface area (Å²) in [5.74, 6) is -1.39. The van der Waals surface area contributed by atoms with Gasteiger partial charge in [0, 0.05) is 23.6 Å². The number of rotatable bonds is 4. The summed E-state index contributed by atoms with van der Waals surface area (Å²) < 4.78 is 44.4. The fraction of sp³-hybridized carbons (Fsp3) is 0.227. The van der Waals surface area contributed by atoms with Crippen molar-refractivity contribution in [3.8, 4) is 0 Å². The number of hydrogen-bond acceptors (Lipinski definition) is 4. The maximum atomic E-state index is 13.1. The van der Waals surface area contributed by atoms with E-state index in [2.05, 4.69) is 0 Å². The number of ether oxygens (including phenoxy) is 1. The summed E-state index contributed by atoms with van der Waals surface area (Å²) in [5, 5.41) is 0. The molecule has 156 valence electrons. The molecule has 1 heterocycles. The molecule has 30 heavy (non-hydrogen) atoms. The molecule has 2 aromatic carbocycles. The number of nitrogens with zero attached hydrogens (tertiary/aromatic N) is 1. The second-order valence-corrected chi connectivity index (χ2v) is 6.66. The van der Waals surface area contributed by atoms with Crippen molar-refractivity contribution in [2.24, 2.45) is 0 Å². The molecule has 0 aliphatic carbocycles. The maximum Gasteiger partial charge on any atom is 0.416 e. The van der Waals surface area contributed by atoms with Crippen LogP contribution in [0.4, 0.5) is 18.9 Å². The van der Waals surface area contributed by atoms with Crippen molar-refractivity contribution in [1.29, 1.82) is 0 Å². The third-order valence-corrected chi connectivity index (χ3v) is 4.64. The number of imide groups is 1. The molecule has 0 aromatic heterocycles. The molecule has 0 bridgehead atoms. The van der Waals surface area contributed by atoms with Crippen molar-refractivity contribution in [3.63, 3.8) is 0 Å². The van der Waals surface area contributed by atoms with Gasteiger partial charge in [0.1, 0.15) is 5.76 Å². The first-order valence-corrected chi connectivity index (χ1v) is 9.11. The number of fused-ring (bicyclic) bond motifs is 1. The summed E-state index contributed by atoms with van der Waals surface area (Å²) >= 11 is 0. The Morgan fingerprint density at radius 2 is 1.60 bits per heavy atom. The minimum atomic E-state index is -4.50. The number of hydrogen-bond donors (Lipinski definition) is 0. The highest BCUT2D eigenvalue weighted by atomic mass is 19.4. The van der Waals surface area contributed by atoms with Crippen molar-refractivity contribution in [2.75, 3.05) is 11.5 Å². The van der Waals surface area contributed by atoms with Crippen LogP contribution in [-0.4, -0.2) is 24.2 Å². The van der Waals surface area contributed by atoms with Crippen LogP contribution in [0.1, 0.15) is 47.8 Å². The van der Waals surface area contributed by atoms with Gasteiger partial charge in [-0.2, -0.15) is 13.2 Å². The van der Waals surface area contributed by atoms with E-state index in [9.17, 15) is 27.6 Å². The summed E-state index contributed by atoms with van der Waals surface area (Å²) in [4.78, 5) is 38.0. The number of amides is 2. The van der Waals surface area contributed by atoms with Crippen LogP contribution < -0.4 is 4.90 Å². The lowest BCUT2D eigenvalue weighted by Gasteiger charge is -2.14. The first-order chi connectivity index (χ1) is 14.1. The third-order valence-electron chi connectivity index (χ3n) is 4.64. The molecule has 0 fully saturated rings. The van der Waals surface area contributed by atoms with E-state index >= 15 is 0 Å². The second-order valence-electron chi connectivity index (χ2n) is 6.66. The van der Waals surface area contributed by atoms with E-state index in [4.69, 9.17) is 4.74 Å². The zero-order chi connectivity index (χ0) is 22.2. The normalized spacial score (nSPS) is 15.1. The number of carbonyl (C=O) groups excluding carboxylic acids is 3. The molecule has 2 amide bonds. The molecule has 0 N–H and O–H groups in total. The predicted molar refractivity (Wildman–Crippen MR) is 104 cm³/mol. The van der Waals surface area contributed by atoms with E-state index in [0.717, 1.165) is 17.0 Å². The molecule has 0 saturated carbocycles. The number of carbonyl (C=O) groups is 3. The highest BCUT2D eigenvalue weighted by Gasteiger charge is 2.39. The smallest absolute Gasteiger partial charge is 0.416 e. The van der Waals surface area contributed by atoms with Gasteiger partial charge in [0.15, 0.2) is 5.78 Å². The van der Waals surface area contributed by atoms with Gasteiger partial charge in [-0.1, -0.05) is 12.1 Å².